The molecule has 3 rings (SSSR count). The maximum absolute atomic E-state index is 13.2. The second-order valence-corrected chi connectivity index (χ2v) is 12.9. The minimum absolute atomic E-state index is 0.245. The number of rotatable bonds is 14. The molecule has 4 nitrogen and oxygen atoms in total. The number of aliphatic imine (C=N–C) groups is 1. The van der Waals surface area contributed by atoms with Crippen molar-refractivity contribution in [2.24, 2.45) is 16.8 Å². The number of carbonyl (C=O) groups is 1. The summed E-state index contributed by atoms with van der Waals surface area (Å²) in [5, 5.41) is 11.4. The van der Waals surface area contributed by atoms with Crippen molar-refractivity contribution in [1.82, 2.24) is 4.90 Å². The van der Waals surface area contributed by atoms with E-state index in [-0.39, 0.29) is 17.0 Å². The van der Waals surface area contributed by atoms with Crippen molar-refractivity contribution in [1.29, 1.82) is 5.41 Å². The van der Waals surface area contributed by atoms with Crippen molar-refractivity contribution in [2.45, 2.75) is 111 Å². The number of thioether (sulfide) groups is 1. The molecule has 44 heavy (non-hydrogen) atoms. The summed E-state index contributed by atoms with van der Waals surface area (Å²) in [6, 6.07) is 5.82. The van der Waals surface area contributed by atoms with Gasteiger partial charge < -0.3 is 10.3 Å². The van der Waals surface area contributed by atoms with E-state index in [1.807, 2.05) is 25.6 Å². The van der Waals surface area contributed by atoms with E-state index in [0.29, 0.717) is 48.2 Å². The van der Waals surface area contributed by atoms with Gasteiger partial charge >= 0.3 is 0 Å². The molecule has 246 valence electrons. The Balaban J connectivity index is 0.000000670. The smallest absolute Gasteiger partial charge is 0.133 e. The van der Waals surface area contributed by atoms with Crippen LogP contribution in [0.4, 0.5) is 8.78 Å². The van der Waals surface area contributed by atoms with Crippen LogP contribution in [0.5, 0.6) is 0 Å². The quantitative estimate of drug-likeness (QED) is 0.204. The fraction of sp³-hybridized carbons (Fsp3) is 0.583. The highest BCUT2D eigenvalue weighted by atomic mass is 35.5. The van der Waals surface area contributed by atoms with Crippen LogP contribution in [0, 0.1) is 23.1 Å². The van der Waals surface area contributed by atoms with Crippen molar-refractivity contribution < 1.29 is 13.6 Å². The van der Waals surface area contributed by atoms with Gasteiger partial charge in [-0.15, -0.1) is 11.8 Å². The second kappa shape index (κ2) is 22.3. The molecule has 0 aliphatic carbocycles. The van der Waals surface area contributed by atoms with Gasteiger partial charge in [0.15, 0.2) is 0 Å². The zero-order valence-electron chi connectivity index (χ0n) is 27.8. The van der Waals surface area contributed by atoms with E-state index in [2.05, 4.69) is 44.1 Å². The highest BCUT2D eigenvalue weighted by Gasteiger charge is 2.39. The summed E-state index contributed by atoms with van der Waals surface area (Å²) in [6.45, 7) is 15.7. The molecule has 0 saturated carbocycles. The van der Waals surface area contributed by atoms with Crippen molar-refractivity contribution >= 4 is 40.7 Å². The van der Waals surface area contributed by atoms with Gasteiger partial charge in [-0.25, -0.2) is 8.78 Å². The number of hydrogen-bond acceptors (Lipinski definition) is 5. The van der Waals surface area contributed by atoms with Gasteiger partial charge in [-0.1, -0.05) is 83.7 Å². The van der Waals surface area contributed by atoms with Gasteiger partial charge in [-0.05, 0) is 74.6 Å². The van der Waals surface area contributed by atoms with Crippen molar-refractivity contribution in [2.75, 3.05) is 13.1 Å². The van der Waals surface area contributed by atoms with Crippen molar-refractivity contribution in [3.05, 3.63) is 70.0 Å². The Morgan fingerprint density at radius 3 is 2.43 bits per heavy atom. The Hall–Kier alpha value is -2.25. The third kappa shape index (κ3) is 14.2. The molecule has 2 aliphatic heterocycles. The maximum Gasteiger partial charge on any atom is 0.133 e. The fourth-order valence-electron chi connectivity index (χ4n) is 4.76. The highest BCUT2D eigenvalue weighted by molar-refractivity contribution is 8.03. The first-order chi connectivity index (χ1) is 21.0. The molecule has 4 unspecified atom stereocenters. The molecule has 0 radical (unpaired) electrons. The molecule has 0 bridgehead atoms. The Labute approximate surface area is 275 Å². The SMILES string of the molecule is C/C=C\SC(C1=NCC(C(=N)/C=C\CC(C)F)=C2CC(CC(=O)CCC)CN12)C(C)CC.CCCC.Fc1cccc(Cl)c1. The largest absolute Gasteiger partial charge is 0.332 e. The van der Waals surface area contributed by atoms with Gasteiger partial charge in [-0.2, -0.15) is 0 Å². The van der Waals surface area contributed by atoms with Crippen LogP contribution >= 0.6 is 23.4 Å². The lowest BCUT2D eigenvalue weighted by Gasteiger charge is -2.35. The molecule has 1 aromatic carbocycles. The summed E-state index contributed by atoms with van der Waals surface area (Å²) in [7, 11) is 0. The lowest BCUT2D eigenvalue weighted by Crippen LogP contribution is -2.41. The normalized spacial score (nSPS) is 18.2. The minimum Gasteiger partial charge on any atom is -0.332 e. The molecular formula is C36H54ClF2N3OS. The van der Waals surface area contributed by atoms with Gasteiger partial charge in [0.1, 0.15) is 23.6 Å². The molecule has 4 atom stereocenters. The number of Topliss-reactive ketones (excluding diaryl/α,β-unsaturated/α-hetero) is 1. The number of alkyl halides is 1. The van der Waals surface area contributed by atoms with E-state index < -0.39 is 6.17 Å². The second-order valence-electron chi connectivity index (χ2n) is 11.5. The molecule has 0 amide bonds. The van der Waals surface area contributed by atoms with Gasteiger partial charge in [-0.3, -0.25) is 9.79 Å². The zero-order chi connectivity index (χ0) is 33.1. The molecule has 2 heterocycles. The summed E-state index contributed by atoms with van der Waals surface area (Å²) in [6.07, 6.45) is 11.5. The molecule has 1 saturated heterocycles. The first kappa shape index (κ1) is 39.8. The molecular weight excluding hydrogens is 596 g/mol. The van der Waals surface area contributed by atoms with Crippen LogP contribution in [-0.2, 0) is 4.79 Å². The number of benzene rings is 1. The lowest BCUT2D eigenvalue weighted by atomic mass is 9.96. The van der Waals surface area contributed by atoms with Crippen LogP contribution < -0.4 is 0 Å². The average Bonchev–Trinajstić information content (AvgIpc) is 3.40. The highest BCUT2D eigenvalue weighted by Crippen LogP contribution is 2.38. The number of ketones is 1. The van der Waals surface area contributed by atoms with Crippen LogP contribution in [-0.4, -0.2) is 46.7 Å². The Morgan fingerprint density at radius 1 is 1.20 bits per heavy atom. The molecule has 1 aromatic rings. The Morgan fingerprint density at radius 2 is 1.91 bits per heavy atom. The molecule has 0 spiro atoms. The van der Waals surface area contributed by atoms with E-state index in [9.17, 15) is 13.6 Å². The molecule has 1 N–H and O–H groups in total. The van der Waals surface area contributed by atoms with Gasteiger partial charge in [0, 0.05) is 35.7 Å². The lowest BCUT2D eigenvalue weighted by molar-refractivity contribution is -0.119. The van der Waals surface area contributed by atoms with E-state index in [4.69, 9.17) is 22.0 Å². The number of amidine groups is 1. The summed E-state index contributed by atoms with van der Waals surface area (Å²) in [5.74, 6) is 1.84. The first-order valence-corrected chi connectivity index (χ1v) is 17.5. The third-order valence-electron chi connectivity index (χ3n) is 7.45. The van der Waals surface area contributed by atoms with Crippen molar-refractivity contribution in [3.63, 3.8) is 0 Å². The van der Waals surface area contributed by atoms with E-state index in [1.54, 1.807) is 24.3 Å². The number of unbranched alkanes of at least 4 members (excludes halogenated alkanes) is 1. The Kier molecular flexibility index (Phi) is 20.1. The summed E-state index contributed by atoms with van der Waals surface area (Å²) >= 11 is 7.21. The average molecular weight is 650 g/mol. The van der Waals surface area contributed by atoms with Gasteiger partial charge in [0.25, 0.3) is 0 Å². The predicted molar refractivity (Wildman–Crippen MR) is 188 cm³/mol. The van der Waals surface area contributed by atoms with Crippen LogP contribution in [0.2, 0.25) is 5.02 Å². The van der Waals surface area contributed by atoms with Crippen LogP contribution in [0.15, 0.2) is 64.2 Å². The topological polar surface area (TPSA) is 56.5 Å². The third-order valence-corrected chi connectivity index (χ3v) is 9.08. The predicted octanol–water partition coefficient (Wildman–Crippen LogP) is 11.0. The Bertz CT molecular complexity index is 1130. The number of hydrogen-bond donors (Lipinski definition) is 1. The minimum atomic E-state index is -0.912. The first-order valence-electron chi connectivity index (χ1n) is 16.1. The van der Waals surface area contributed by atoms with E-state index in [0.717, 1.165) is 42.9 Å². The monoisotopic (exact) mass is 649 g/mol. The number of allylic oxidation sites excluding steroid dienone is 4. The summed E-state index contributed by atoms with van der Waals surface area (Å²) in [5.41, 5.74) is 2.47. The van der Waals surface area contributed by atoms with Crippen LogP contribution in [0.25, 0.3) is 0 Å². The molecule has 8 heteroatoms. The fourth-order valence-corrected chi connectivity index (χ4v) is 6.04. The van der Waals surface area contributed by atoms with Crippen LogP contribution in [0.3, 0.4) is 0 Å². The standard InChI is InChI=1S/C26H40FN3OS.C6H4ClF.C4H10/c1-6-10-21(31)14-20-15-24-22(23(28)12-9-11-19(5)27)16-29-26(30(24)17-20)25(18(4)8-3)32-13-7-2;7-5-2-1-3-6(8)4-5;1-3-4-2/h7,9,12-13,18-20,25,28H,6,8,10-11,14-17H2,1-5H3;1-4H;3-4H2,1-2H3/b12-9-,13-7-,28-23?;;. The van der Waals surface area contributed by atoms with Crippen LogP contribution in [0.1, 0.15) is 99.8 Å². The van der Waals surface area contributed by atoms with Gasteiger partial charge in [0.2, 0.25) is 0 Å². The number of carbonyl (C=O) groups excluding carboxylic acids is 1. The maximum atomic E-state index is 13.2. The summed E-state index contributed by atoms with van der Waals surface area (Å²) in [4.78, 5) is 19.7. The molecule has 1 fully saturated rings. The zero-order valence-corrected chi connectivity index (χ0v) is 29.4. The van der Waals surface area contributed by atoms with Gasteiger partial charge in [0.05, 0.1) is 17.5 Å². The molecule has 2 aliphatic rings. The number of nitrogens with one attached hydrogen (secondary N) is 1. The van der Waals surface area contributed by atoms with E-state index >= 15 is 0 Å². The summed E-state index contributed by atoms with van der Waals surface area (Å²) < 4.78 is 25.3. The number of fused-ring (bicyclic) bond motifs is 1. The van der Waals surface area contributed by atoms with Crippen molar-refractivity contribution in [3.8, 4) is 0 Å². The number of nitrogens with zero attached hydrogens (tertiary/aromatic N) is 2. The number of halogens is 3. The van der Waals surface area contributed by atoms with E-state index in [1.165, 1.54) is 31.9 Å². The molecule has 0 aromatic heterocycles.